The highest BCUT2D eigenvalue weighted by Crippen LogP contribution is 2.32. The summed E-state index contributed by atoms with van der Waals surface area (Å²) in [5.74, 6) is 0. The first-order valence-corrected chi connectivity index (χ1v) is 9.81. The molecule has 1 aliphatic rings. The third-order valence-corrected chi connectivity index (χ3v) is 6.74. The van der Waals surface area contributed by atoms with Crippen molar-refractivity contribution in [3.8, 4) is 0 Å². The lowest BCUT2D eigenvalue weighted by molar-refractivity contribution is 0.220. The SMILES string of the molecule is O=S(=O)(c1ccc(Cl)c(Cl)c1)N(CCCBr)C1CCC1. The summed E-state index contributed by atoms with van der Waals surface area (Å²) in [5.41, 5.74) is 0. The number of sulfonamides is 1. The van der Waals surface area contributed by atoms with E-state index >= 15 is 0 Å². The molecule has 2 rings (SSSR count). The van der Waals surface area contributed by atoms with Gasteiger partial charge in [-0.1, -0.05) is 45.6 Å². The van der Waals surface area contributed by atoms with Crippen LogP contribution in [-0.2, 0) is 10.0 Å². The molecule has 112 valence electrons. The fourth-order valence-corrected chi connectivity index (χ4v) is 4.53. The van der Waals surface area contributed by atoms with E-state index in [0.29, 0.717) is 11.6 Å². The molecule has 0 radical (unpaired) electrons. The highest BCUT2D eigenvalue weighted by molar-refractivity contribution is 9.09. The molecular weight excluding hydrogens is 385 g/mol. The molecule has 7 heteroatoms. The average Bonchev–Trinajstić information content (AvgIpc) is 2.35. The van der Waals surface area contributed by atoms with Gasteiger partial charge in [0.15, 0.2) is 0 Å². The van der Waals surface area contributed by atoms with E-state index in [9.17, 15) is 8.42 Å². The Bertz CT molecular complexity index is 576. The lowest BCUT2D eigenvalue weighted by atomic mass is 9.93. The van der Waals surface area contributed by atoms with E-state index in [1.165, 1.54) is 18.2 Å². The van der Waals surface area contributed by atoms with Crippen molar-refractivity contribution in [2.24, 2.45) is 0 Å². The van der Waals surface area contributed by atoms with Crippen LogP contribution in [0.25, 0.3) is 0 Å². The molecule has 1 saturated carbocycles. The van der Waals surface area contributed by atoms with E-state index in [1.54, 1.807) is 4.31 Å². The van der Waals surface area contributed by atoms with Gasteiger partial charge in [-0.3, -0.25) is 0 Å². The van der Waals surface area contributed by atoms with Crippen LogP contribution >= 0.6 is 39.1 Å². The molecule has 1 fully saturated rings. The van der Waals surface area contributed by atoms with Gasteiger partial charge in [0.2, 0.25) is 10.0 Å². The number of rotatable bonds is 6. The van der Waals surface area contributed by atoms with Gasteiger partial charge in [-0.05, 0) is 37.5 Å². The minimum Gasteiger partial charge on any atom is -0.207 e. The van der Waals surface area contributed by atoms with Gasteiger partial charge in [0.05, 0.1) is 14.9 Å². The zero-order chi connectivity index (χ0) is 14.8. The second-order valence-corrected chi connectivity index (χ2v) is 8.32. The molecule has 0 amide bonds. The Kier molecular flexibility index (Phi) is 5.77. The van der Waals surface area contributed by atoms with Crippen LogP contribution in [0.4, 0.5) is 0 Å². The Balaban J connectivity index is 2.30. The van der Waals surface area contributed by atoms with Crippen molar-refractivity contribution < 1.29 is 8.42 Å². The first-order chi connectivity index (χ1) is 9.46. The Labute approximate surface area is 138 Å². The molecule has 0 bridgehead atoms. The summed E-state index contributed by atoms with van der Waals surface area (Å²) in [6.45, 7) is 0.526. The lowest BCUT2D eigenvalue weighted by Crippen LogP contribution is -2.44. The largest absolute Gasteiger partial charge is 0.243 e. The topological polar surface area (TPSA) is 37.4 Å². The molecule has 20 heavy (non-hydrogen) atoms. The van der Waals surface area contributed by atoms with Crippen molar-refractivity contribution in [3.63, 3.8) is 0 Å². The van der Waals surface area contributed by atoms with Crippen molar-refractivity contribution in [3.05, 3.63) is 28.2 Å². The number of alkyl halides is 1. The van der Waals surface area contributed by atoms with Gasteiger partial charge < -0.3 is 0 Å². The van der Waals surface area contributed by atoms with Crippen LogP contribution in [0.5, 0.6) is 0 Å². The zero-order valence-electron chi connectivity index (χ0n) is 10.9. The second kappa shape index (κ2) is 6.97. The van der Waals surface area contributed by atoms with Gasteiger partial charge in [-0.2, -0.15) is 4.31 Å². The van der Waals surface area contributed by atoms with E-state index < -0.39 is 10.0 Å². The van der Waals surface area contributed by atoms with E-state index in [-0.39, 0.29) is 16.0 Å². The molecule has 0 N–H and O–H groups in total. The van der Waals surface area contributed by atoms with Crippen molar-refractivity contribution in [2.75, 3.05) is 11.9 Å². The minimum atomic E-state index is -3.50. The maximum absolute atomic E-state index is 12.7. The monoisotopic (exact) mass is 399 g/mol. The van der Waals surface area contributed by atoms with E-state index in [4.69, 9.17) is 23.2 Å². The molecule has 1 aromatic rings. The van der Waals surface area contributed by atoms with Gasteiger partial charge in [-0.15, -0.1) is 0 Å². The molecule has 1 aliphatic carbocycles. The summed E-state index contributed by atoms with van der Waals surface area (Å²) < 4.78 is 27.1. The Morgan fingerprint density at radius 2 is 1.95 bits per heavy atom. The Hall–Kier alpha value is 0.190. The van der Waals surface area contributed by atoms with E-state index in [1.807, 2.05) is 0 Å². The number of hydrogen-bond acceptors (Lipinski definition) is 2. The van der Waals surface area contributed by atoms with Crippen LogP contribution < -0.4 is 0 Å². The van der Waals surface area contributed by atoms with E-state index in [2.05, 4.69) is 15.9 Å². The molecular formula is C13H16BrCl2NO2S. The zero-order valence-corrected chi connectivity index (χ0v) is 14.8. The predicted molar refractivity (Wildman–Crippen MR) is 86.4 cm³/mol. The molecule has 0 aliphatic heterocycles. The van der Waals surface area contributed by atoms with Crippen LogP contribution in [0.3, 0.4) is 0 Å². The molecule has 0 saturated heterocycles. The molecule has 0 unspecified atom stereocenters. The van der Waals surface area contributed by atoms with Crippen LogP contribution in [0, 0.1) is 0 Å². The number of nitrogens with zero attached hydrogens (tertiary/aromatic N) is 1. The molecule has 0 atom stereocenters. The van der Waals surface area contributed by atoms with E-state index in [0.717, 1.165) is 31.0 Å². The van der Waals surface area contributed by atoms with Gasteiger partial charge in [0, 0.05) is 17.9 Å². The molecule has 0 spiro atoms. The maximum atomic E-state index is 12.7. The fourth-order valence-electron chi connectivity index (χ4n) is 2.16. The first kappa shape index (κ1) is 16.6. The molecule has 3 nitrogen and oxygen atoms in total. The van der Waals surface area contributed by atoms with Gasteiger partial charge >= 0.3 is 0 Å². The standard InChI is InChI=1S/C13H16BrCl2NO2S/c14-7-2-8-17(10-3-1-4-10)20(18,19)11-5-6-12(15)13(16)9-11/h5-6,9-10H,1-4,7-8H2. The average molecular weight is 401 g/mol. The number of hydrogen-bond donors (Lipinski definition) is 0. The van der Waals surface area contributed by atoms with Crippen LogP contribution in [0.15, 0.2) is 23.1 Å². The fraction of sp³-hybridized carbons (Fsp3) is 0.538. The quantitative estimate of drug-likeness (QED) is 0.666. The summed E-state index contributed by atoms with van der Waals surface area (Å²) in [6.07, 6.45) is 3.75. The van der Waals surface area contributed by atoms with Crippen molar-refractivity contribution in [1.82, 2.24) is 4.31 Å². The number of benzene rings is 1. The maximum Gasteiger partial charge on any atom is 0.243 e. The van der Waals surface area contributed by atoms with Crippen LogP contribution in [0.1, 0.15) is 25.7 Å². The third kappa shape index (κ3) is 3.50. The smallest absolute Gasteiger partial charge is 0.207 e. The molecule has 1 aromatic carbocycles. The van der Waals surface area contributed by atoms with Crippen molar-refractivity contribution in [1.29, 1.82) is 0 Å². The summed E-state index contributed by atoms with van der Waals surface area (Å²) in [5, 5.41) is 1.41. The van der Waals surface area contributed by atoms with Crippen LogP contribution in [0.2, 0.25) is 10.0 Å². The number of halogens is 3. The highest BCUT2D eigenvalue weighted by atomic mass is 79.9. The minimum absolute atomic E-state index is 0.119. The summed E-state index contributed by atoms with van der Waals surface area (Å²) in [7, 11) is -3.50. The van der Waals surface area contributed by atoms with Crippen molar-refractivity contribution >= 4 is 49.2 Å². The van der Waals surface area contributed by atoms with Crippen molar-refractivity contribution in [2.45, 2.75) is 36.6 Å². The van der Waals surface area contributed by atoms with Gasteiger partial charge in [0.25, 0.3) is 0 Å². The Morgan fingerprint density at radius 3 is 2.45 bits per heavy atom. The van der Waals surface area contributed by atoms with Gasteiger partial charge in [0.1, 0.15) is 0 Å². The molecule has 0 aromatic heterocycles. The predicted octanol–water partition coefficient (Wildman–Crippen LogP) is 4.32. The normalized spacial score (nSPS) is 16.4. The highest BCUT2D eigenvalue weighted by Gasteiger charge is 2.34. The Morgan fingerprint density at radius 1 is 1.25 bits per heavy atom. The third-order valence-electron chi connectivity index (χ3n) is 3.49. The van der Waals surface area contributed by atoms with Gasteiger partial charge in [-0.25, -0.2) is 8.42 Å². The van der Waals surface area contributed by atoms with Crippen LogP contribution in [-0.4, -0.2) is 30.6 Å². The summed E-state index contributed by atoms with van der Waals surface area (Å²) >= 11 is 15.1. The summed E-state index contributed by atoms with van der Waals surface area (Å²) in [4.78, 5) is 0.216. The lowest BCUT2D eigenvalue weighted by Gasteiger charge is -2.36. The summed E-state index contributed by atoms with van der Waals surface area (Å²) in [6, 6.07) is 4.59. The molecule has 0 heterocycles. The first-order valence-electron chi connectivity index (χ1n) is 6.49. The second-order valence-electron chi connectivity index (χ2n) is 4.82.